The van der Waals surface area contributed by atoms with E-state index in [1.165, 1.54) is 0 Å². The third kappa shape index (κ3) is 4.22. The predicted octanol–water partition coefficient (Wildman–Crippen LogP) is 2.50. The molecule has 0 aromatic carbocycles. The molecule has 0 radical (unpaired) electrons. The Hall–Kier alpha value is -0.550. The maximum Gasteiger partial charge on any atom is 0.147 e. The minimum Gasteiger partial charge on any atom is -0.354 e. The average molecular weight is 317 g/mol. The second kappa shape index (κ2) is 7.46. The lowest BCUT2D eigenvalue weighted by Crippen LogP contribution is -2.35. The monoisotopic (exact) mass is 316 g/mol. The van der Waals surface area contributed by atoms with Crippen LogP contribution in [0.25, 0.3) is 0 Å². The van der Waals surface area contributed by atoms with E-state index in [4.69, 9.17) is 28.9 Å². The zero-order valence-corrected chi connectivity index (χ0v) is 13.4. The van der Waals surface area contributed by atoms with Crippen LogP contribution >= 0.6 is 23.2 Å². The van der Waals surface area contributed by atoms with Crippen molar-refractivity contribution in [2.45, 2.75) is 13.3 Å². The van der Waals surface area contributed by atoms with Crippen LogP contribution in [0.3, 0.4) is 0 Å². The predicted molar refractivity (Wildman–Crippen MR) is 85.7 cm³/mol. The molecule has 20 heavy (non-hydrogen) atoms. The highest BCUT2D eigenvalue weighted by Gasteiger charge is 2.19. The molecule has 1 aromatic heterocycles. The van der Waals surface area contributed by atoms with Gasteiger partial charge in [-0.3, -0.25) is 0 Å². The molecule has 112 valence electrons. The van der Waals surface area contributed by atoms with Gasteiger partial charge < -0.3 is 15.5 Å². The molecule has 0 amide bonds. The molecule has 0 bridgehead atoms. The molecule has 0 spiro atoms. The summed E-state index contributed by atoms with van der Waals surface area (Å²) >= 11 is 12.1. The molecule has 4 nitrogen and oxygen atoms in total. The van der Waals surface area contributed by atoms with E-state index in [1.54, 1.807) is 12.3 Å². The van der Waals surface area contributed by atoms with Gasteiger partial charge in [0, 0.05) is 32.4 Å². The van der Waals surface area contributed by atoms with Crippen molar-refractivity contribution < 1.29 is 0 Å². The number of aromatic nitrogens is 1. The van der Waals surface area contributed by atoms with Crippen LogP contribution < -0.4 is 10.6 Å². The van der Waals surface area contributed by atoms with Gasteiger partial charge in [0.05, 0.1) is 10.0 Å². The average Bonchev–Trinajstić information content (AvgIpc) is 2.64. The highest BCUT2D eigenvalue weighted by molar-refractivity contribution is 6.36. The molecule has 1 unspecified atom stereocenters. The van der Waals surface area contributed by atoms with Gasteiger partial charge in [0.25, 0.3) is 0 Å². The Morgan fingerprint density at radius 3 is 2.80 bits per heavy atom. The normalized spacial score (nSPS) is 18.9. The summed E-state index contributed by atoms with van der Waals surface area (Å²) in [6.45, 7) is 8.03. The van der Waals surface area contributed by atoms with E-state index in [0.717, 1.165) is 51.5 Å². The van der Waals surface area contributed by atoms with Crippen molar-refractivity contribution >= 4 is 29.0 Å². The summed E-state index contributed by atoms with van der Waals surface area (Å²) in [4.78, 5) is 9.08. The number of nitrogens with zero attached hydrogens (tertiary/aromatic N) is 3. The molecule has 1 saturated heterocycles. The lowest BCUT2D eigenvalue weighted by atomic mass is 10.1. The van der Waals surface area contributed by atoms with Crippen molar-refractivity contribution in [3.8, 4) is 0 Å². The van der Waals surface area contributed by atoms with Gasteiger partial charge in [-0.05, 0) is 31.5 Å². The van der Waals surface area contributed by atoms with Gasteiger partial charge in [-0.25, -0.2) is 4.98 Å². The smallest absolute Gasteiger partial charge is 0.147 e. The van der Waals surface area contributed by atoms with Gasteiger partial charge >= 0.3 is 0 Å². The van der Waals surface area contributed by atoms with Gasteiger partial charge in [-0.1, -0.05) is 30.1 Å². The first-order valence-electron chi connectivity index (χ1n) is 7.08. The van der Waals surface area contributed by atoms with Crippen molar-refractivity contribution in [3.05, 3.63) is 22.3 Å². The van der Waals surface area contributed by atoms with Crippen molar-refractivity contribution in [1.82, 2.24) is 9.88 Å². The van der Waals surface area contributed by atoms with Crippen molar-refractivity contribution in [2.24, 2.45) is 11.7 Å². The summed E-state index contributed by atoms with van der Waals surface area (Å²) in [6, 6.07) is 1.75. The molecule has 1 aliphatic rings. The zero-order valence-electron chi connectivity index (χ0n) is 11.9. The quantitative estimate of drug-likeness (QED) is 0.927. The Bertz CT molecular complexity index is 441. The topological polar surface area (TPSA) is 45.4 Å². The van der Waals surface area contributed by atoms with Crippen LogP contribution in [-0.4, -0.2) is 49.2 Å². The highest BCUT2D eigenvalue weighted by atomic mass is 35.5. The van der Waals surface area contributed by atoms with Crippen LogP contribution in [0.2, 0.25) is 10.0 Å². The Kier molecular flexibility index (Phi) is 5.90. The van der Waals surface area contributed by atoms with Crippen LogP contribution in [0.15, 0.2) is 12.3 Å². The summed E-state index contributed by atoms with van der Waals surface area (Å²) in [6.07, 6.45) is 2.76. The largest absolute Gasteiger partial charge is 0.354 e. The standard InChI is InChI=1S/C14H22Cl2N4/c1-11(8-17)10-19-3-2-4-20(6-5-19)14-13(16)7-12(15)9-18-14/h7,9,11H,2-6,8,10,17H2,1H3. The summed E-state index contributed by atoms with van der Waals surface area (Å²) < 4.78 is 0. The minimum absolute atomic E-state index is 0.541. The Balaban J connectivity index is 1.98. The number of hydrogen-bond acceptors (Lipinski definition) is 4. The van der Waals surface area contributed by atoms with Crippen molar-refractivity contribution in [3.63, 3.8) is 0 Å². The minimum atomic E-state index is 0.541. The molecule has 1 fully saturated rings. The number of nitrogens with two attached hydrogens (primary N) is 1. The Morgan fingerprint density at radius 2 is 2.10 bits per heavy atom. The fourth-order valence-electron chi connectivity index (χ4n) is 2.52. The molecule has 6 heteroatoms. The van der Waals surface area contributed by atoms with Gasteiger partial charge in [0.2, 0.25) is 0 Å². The third-order valence-corrected chi connectivity index (χ3v) is 4.13. The van der Waals surface area contributed by atoms with Crippen LogP contribution in [-0.2, 0) is 0 Å². The van der Waals surface area contributed by atoms with Crippen LogP contribution in [0.5, 0.6) is 0 Å². The SMILES string of the molecule is CC(CN)CN1CCCN(c2ncc(Cl)cc2Cl)CC1. The highest BCUT2D eigenvalue weighted by Crippen LogP contribution is 2.26. The van der Waals surface area contributed by atoms with E-state index in [2.05, 4.69) is 21.7 Å². The van der Waals surface area contributed by atoms with Gasteiger partial charge in [0.1, 0.15) is 5.82 Å². The summed E-state index contributed by atoms with van der Waals surface area (Å²) in [5.74, 6) is 1.38. The van der Waals surface area contributed by atoms with E-state index < -0.39 is 0 Å². The van der Waals surface area contributed by atoms with E-state index in [0.29, 0.717) is 16.0 Å². The Labute approximate surface area is 130 Å². The fourth-order valence-corrected chi connectivity index (χ4v) is 3.02. The zero-order chi connectivity index (χ0) is 14.5. The van der Waals surface area contributed by atoms with E-state index in [9.17, 15) is 0 Å². The molecule has 1 aromatic rings. The first-order valence-corrected chi connectivity index (χ1v) is 7.84. The molecule has 1 aliphatic heterocycles. The molecular weight excluding hydrogens is 295 g/mol. The van der Waals surface area contributed by atoms with Crippen molar-refractivity contribution in [1.29, 1.82) is 0 Å². The van der Waals surface area contributed by atoms with Gasteiger partial charge in [0.15, 0.2) is 0 Å². The molecule has 0 aliphatic carbocycles. The van der Waals surface area contributed by atoms with E-state index in [1.807, 2.05) is 0 Å². The maximum absolute atomic E-state index is 6.24. The molecule has 1 atom stereocenters. The van der Waals surface area contributed by atoms with E-state index in [-0.39, 0.29) is 0 Å². The fraction of sp³-hybridized carbons (Fsp3) is 0.643. The first kappa shape index (κ1) is 15.8. The third-order valence-electron chi connectivity index (χ3n) is 3.65. The molecule has 2 heterocycles. The van der Waals surface area contributed by atoms with Crippen LogP contribution in [0.1, 0.15) is 13.3 Å². The van der Waals surface area contributed by atoms with Crippen molar-refractivity contribution in [2.75, 3.05) is 44.2 Å². The lowest BCUT2D eigenvalue weighted by molar-refractivity contribution is 0.255. The number of anilines is 1. The van der Waals surface area contributed by atoms with Crippen LogP contribution in [0.4, 0.5) is 5.82 Å². The van der Waals surface area contributed by atoms with E-state index >= 15 is 0 Å². The summed E-state index contributed by atoms with van der Waals surface area (Å²) in [5.41, 5.74) is 5.70. The van der Waals surface area contributed by atoms with Gasteiger partial charge in [-0.2, -0.15) is 0 Å². The summed E-state index contributed by atoms with van der Waals surface area (Å²) in [7, 11) is 0. The number of pyridine rings is 1. The number of rotatable bonds is 4. The second-order valence-electron chi connectivity index (χ2n) is 5.44. The molecular formula is C14H22Cl2N4. The molecule has 0 saturated carbocycles. The van der Waals surface area contributed by atoms with Crippen LogP contribution in [0, 0.1) is 5.92 Å². The first-order chi connectivity index (χ1) is 9.60. The lowest BCUT2D eigenvalue weighted by Gasteiger charge is -2.24. The number of hydrogen-bond donors (Lipinski definition) is 1. The van der Waals surface area contributed by atoms with Gasteiger partial charge in [-0.15, -0.1) is 0 Å². The second-order valence-corrected chi connectivity index (χ2v) is 6.28. The molecule has 2 rings (SSSR count). The molecule has 2 N–H and O–H groups in total. The number of halogens is 2. The summed E-state index contributed by atoms with van der Waals surface area (Å²) in [5, 5.41) is 1.20. The Morgan fingerprint density at radius 1 is 1.30 bits per heavy atom. The maximum atomic E-state index is 6.24.